The summed E-state index contributed by atoms with van der Waals surface area (Å²) in [6, 6.07) is 5.04. The molecule has 0 aliphatic heterocycles. The zero-order chi connectivity index (χ0) is 13.6. The molecule has 0 radical (unpaired) electrons. The Morgan fingerprint density at radius 1 is 1.33 bits per heavy atom. The quantitative estimate of drug-likeness (QED) is 0.713. The fourth-order valence-corrected chi connectivity index (χ4v) is 2.36. The number of carbonyl (C=O) groups is 1. The minimum absolute atomic E-state index is 0.0462. The second-order valence-electron chi connectivity index (χ2n) is 3.57. The van der Waals surface area contributed by atoms with E-state index in [0.29, 0.717) is 13.0 Å². The third kappa shape index (κ3) is 4.10. The van der Waals surface area contributed by atoms with Crippen molar-refractivity contribution in [2.24, 2.45) is 0 Å². The van der Waals surface area contributed by atoms with E-state index < -0.39 is 16.0 Å². The molecule has 0 spiro atoms. The molecule has 0 saturated heterocycles. The SMILES string of the molecule is COCCCNS(=O)(=O)c1ccc(C(=O)O)cc1. The van der Waals surface area contributed by atoms with Crippen LogP contribution in [-0.4, -0.2) is 39.8 Å². The molecule has 0 amide bonds. The lowest BCUT2D eigenvalue weighted by Gasteiger charge is -2.06. The van der Waals surface area contributed by atoms with Crippen molar-refractivity contribution in [3.05, 3.63) is 29.8 Å². The first-order valence-corrected chi connectivity index (χ1v) is 6.77. The minimum Gasteiger partial charge on any atom is -0.478 e. The maximum atomic E-state index is 11.8. The number of hydrogen-bond donors (Lipinski definition) is 2. The Bertz CT molecular complexity index is 495. The number of benzene rings is 1. The topological polar surface area (TPSA) is 92.7 Å². The number of nitrogens with one attached hydrogen (secondary N) is 1. The Morgan fingerprint density at radius 2 is 1.94 bits per heavy atom. The van der Waals surface area contributed by atoms with Gasteiger partial charge in [0.15, 0.2) is 0 Å². The Labute approximate surface area is 106 Å². The van der Waals surface area contributed by atoms with Crippen LogP contribution in [0.2, 0.25) is 0 Å². The first-order valence-electron chi connectivity index (χ1n) is 5.29. The predicted molar refractivity (Wildman–Crippen MR) is 65.1 cm³/mol. The van der Waals surface area contributed by atoms with Crippen LogP contribution in [0.1, 0.15) is 16.8 Å². The van der Waals surface area contributed by atoms with Gasteiger partial charge >= 0.3 is 5.97 Å². The van der Waals surface area contributed by atoms with Crippen molar-refractivity contribution in [2.45, 2.75) is 11.3 Å². The standard InChI is InChI=1S/C11H15NO5S/c1-17-8-2-7-12-18(15,16)10-5-3-9(4-6-10)11(13)14/h3-6,12H,2,7-8H2,1H3,(H,13,14). The number of sulfonamides is 1. The molecule has 1 rings (SSSR count). The Balaban J connectivity index is 2.70. The molecular weight excluding hydrogens is 258 g/mol. The van der Waals surface area contributed by atoms with Crippen LogP contribution in [0.25, 0.3) is 0 Å². The van der Waals surface area contributed by atoms with Gasteiger partial charge in [0, 0.05) is 20.3 Å². The Hall–Kier alpha value is -1.44. The second kappa shape index (κ2) is 6.48. The lowest BCUT2D eigenvalue weighted by molar-refractivity contribution is 0.0696. The number of carboxylic acid groups (broad SMARTS) is 1. The van der Waals surface area contributed by atoms with Crippen LogP contribution in [0.5, 0.6) is 0 Å². The first kappa shape index (κ1) is 14.6. The number of methoxy groups -OCH3 is 1. The summed E-state index contributed by atoms with van der Waals surface area (Å²) < 4.78 is 30.8. The fraction of sp³-hybridized carbons (Fsp3) is 0.364. The highest BCUT2D eigenvalue weighted by atomic mass is 32.2. The molecule has 1 aromatic carbocycles. The zero-order valence-electron chi connectivity index (χ0n) is 9.92. The van der Waals surface area contributed by atoms with Crippen LogP contribution in [0.3, 0.4) is 0 Å². The molecule has 100 valence electrons. The van der Waals surface area contributed by atoms with Crippen molar-refractivity contribution in [3.63, 3.8) is 0 Å². The third-order valence-electron chi connectivity index (χ3n) is 2.23. The molecule has 7 heteroatoms. The summed E-state index contributed by atoms with van der Waals surface area (Å²) in [5.74, 6) is -1.09. The van der Waals surface area contributed by atoms with E-state index in [0.717, 1.165) is 0 Å². The third-order valence-corrected chi connectivity index (χ3v) is 3.71. The molecule has 0 unspecified atom stereocenters. The molecule has 0 heterocycles. The molecule has 2 N–H and O–H groups in total. The number of carboxylic acids is 1. The first-order chi connectivity index (χ1) is 8.47. The van der Waals surface area contributed by atoms with Crippen molar-refractivity contribution in [2.75, 3.05) is 20.3 Å². The van der Waals surface area contributed by atoms with Gasteiger partial charge in [-0.05, 0) is 30.7 Å². The summed E-state index contributed by atoms with van der Waals surface area (Å²) in [7, 11) is -2.04. The average Bonchev–Trinajstić information content (AvgIpc) is 2.35. The summed E-state index contributed by atoms with van der Waals surface area (Å²) in [6.45, 7) is 0.747. The summed E-state index contributed by atoms with van der Waals surface area (Å²) in [5, 5.41) is 8.70. The van der Waals surface area contributed by atoms with Crippen LogP contribution in [0.15, 0.2) is 29.2 Å². The molecule has 1 aromatic rings. The molecule has 0 saturated carbocycles. The molecule has 0 atom stereocenters. The van der Waals surface area contributed by atoms with E-state index in [1.54, 1.807) is 7.11 Å². The van der Waals surface area contributed by atoms with Gasteiger partial charge in [-0.3, -0.25) is 0 Å². The molecule has 0 fully saturated rings. The summed E-state index contributed by atoms with van der Waals surface area (Å²) >= 11 is 0. The highest BCUT2D eigenvalue weighted by Gasteiger charge is 2.13. The van der Waals surface area contributed by atoms with Crippen molar-refractivity contribution in [1.82, 2.24) is 4.72 Å². The maximum Gasteiger partial charge on any atom is 0.335 e. The van der Waals surface area contributed by atoms with Gasteiger partial charge < -0.3 is 9.84 Å². The monoisotopic (exact) mass is 273 g/mol. The van der Waals surface area contributed by atoms with Gasteiger partial charge in [-0.2, -0.15) is 0 Å². The molecule has 0 aliphatic carbocycles. The Kier molecular flexibility index (Phi) is 5.26. The highest BCUT2D eigenvalue weighted by Crippen LogP contribution is 2.10. The molecule has 18 heavy (non-hydrogen) atoms. The molecular formula is C11H15NO5S. The maximum absolute atomic E-state index is 11.8. The molecule has 0 bridgehead atoms. The van der Waals surface area contributed by atoms with Crippen LogP contribution < -0.4 is 4.72 Å². The second-order valence-corrected chi connectivity index (χ2v) is 5.34. The predicted octanol–water partition coefficient (Wildman–Crippen LogP) is 0.700. The van der Waals surface area contributed by atoms with Crippen molar-refractivity contribution in [1.29, 1.82) is 0 Å². The van der Waals surface area contributed by atoms with Crippen molar-refractivity contribution < 1.29 is 23.1 Å². The fourth-order valence-electron chi connectivity index (χ4n) is 1.28. The van der Waals surface area contributed by atoms with Gasteiger partial charge in [0.25, 0.3) is 0 Å². The van der Waals surface area contributed by atoms with E-state index >= 15 is 0 Å². The smallest absolute Gasteiger partial charge is 0.335 e. The molecule has 6 nitrogen and oxygen atoms in total. The molecule has 0 aliphatic rings. The van der Waals surface area contributed by atoms with Gasteiger partial charge in [0.2, 0.25) is 10.0 Å². The van der Waals surface area contributed by atoms with Crippen molar-refractivity contribution >= 4 is 16.0 Å². The van der Waals surface area contributed by atoms with E-state index in [1.807, 2.05) is 0 Å². The molecule has 0 aromatic heterocycles. The lowest BCUT2D eigenvalue weighted by atomic mass is 10.2. The minimum atomic E-state index is -3.58. The van der Waals surface area contributed by atoms with Gasteiger partial charge in [0.1, 0.15) is 0 Å². The van der Waals surface area contributed by atoms with Gasteiger partial charge in [-0.1, -0.05) is 0 Å². The van der Waals surface area contributed by atoms with Crippen molar-refractivity contribution in [3.8, 4) is 0 Å². The summed E-state index contributed by atoms with van der Waals surface area (Å²) in [6.07, 6.45) is 0.572. The van der Waals surface area contributed by atoms with Crippen LogP contribution in [0.4, 0.5) is 0 Å². The highest BCUT2D eigenvalue weighted by molar-refractivity contribution is 7.89. The summed E-state index contributed by atoms with van der Waals surface area (Å²) in [4.78, 5) is 10.7. The zero-order valence-corrected chi connectivity index (χ0v) is 10.7. The average molecular weight is 273 g/mol. The van der Waals surface area contributed by atoms with E-state index in [-0.39, 0.29) is 17.0 Å². The van der Waals surface area contributed by atoms with Gasteiger partial charge in [0.05, 0.1) is 10.5 Å². The Morgan fingerprint density at radius 3 is 2.44 bits per heavy atom. The van der Waals surface area contributed by atoms with Crippen LogP contribution in [-0.2, 0) is 14.8 Å². The largest absolute Gasteiger partial charge is 0.478 e. The van der Waals surface area contributed by atoms with Gasteiger partial charge in [-0.15, -0.1) is 0 Å². The van der Waals surface area contributed by atoms with E-state index in [9.17, 15) is 13.2 Å². The van der Waals surface area contributed by atoms with E-state index in [4.69, 9.17) is 9.84 Å². The van der Waals surface area contributed by atoms with Crippen LogP contribution >= 0.6 is 0 Å². The lowest BCUT2D eigenvalue weighted by Crippen LogP contribution is -2.25. The van der Waals surface area contributed by atoms with Gasteiger partial charge in [-0.25, -0.2) is 17.9 Å². The summed E-state index contributed by atoms with van der Waals surface area (Å²) in [5.41, 5.74) is 0.0494. The normalized spacial score (nSPS) is 11.4. The number of aromatic carboxylic acids is 1. The number of hydrogen-bond acceptors (Lipinski definition) is 4. The van der Waals surface area contributed by atoms with Crippen LogP contribution in [0, 0.1) is 0 Å². The van der Waals surface area contributed by atoms with E-state index in [2.05, 4.69) is 4.72 Å². The van der Waals surface area contributed by atoms with E-state index in [1.165, 1.54) is 24.3 Å². The number of ether oxygens (including phenoxy) is 1. The number of rotatable bonds is 7.